The van der Waals surface area contributed by atoms with Crippen molar-refractivity contribution in [3.63, 3.8) is 0 Å². The zero-order valence-electron chi connectivity index (χ0n) is 6.05. The first kappa shape index (κ1) is 7.73. The third-order valence-corrected chi connectivity index (χ3v) is 1.74. The zero-order chi connectivity index (χ0) is 7.40. The molecule has 1 fully saturated rings. The molecule has 58 valence electrons. The van der Waals surface area contributed by atoms with E-state index in [9.17, 15) is 4.39 Å². The number of halogens is 1. The van der Waals surface area contributed by atoms with Crippen molar-refractivity contribution in [2.24, 2.45) is 0 Å². The predicted molar refractivity (Wildman–Crippen MR) is 38.7 cm³/mol. The Bertz CT molecular complexity index is 106. The SMILES string of the molecule is C=CC[C@H]1CC[C@H](F)CO1. The Morgan fingerprint density at radius 1 is 1.60 bits per heavy atom. The minimum atomic E-state index is -0.735. The summed E-state index contributed by atoms with van der Waals surface area (Å²) in [6.45, 7) is 3.88. The van der Waals surface area contributed by atoms with E-state index in [1.165, 1.54) is 0 Å². The Labute approximate surface area is 60.9 Å². The highest BCUT2D eigenvalue weighted by Crippen LogP contribution is 2.18. The first-order chi connectivity index (χ1) is 4.83. The van der Waals surface area contributed by atoms with E-state index in [1.54, 1.807) is 0 Å². The third-order valence-electron chi connectivity index (χ3n) is 1.74. The molecule has 0 aliphatic carbocycles. The van der Waals surface area contributed by atoms with Crippen LogP contribution < -0.4 is 0 Å². The Kier molecular flexibility index (Phi) is 2.87. The molecule has 1 aliphatic heterocycles. The van der Waals surface area contributed by atoms with E-state index in [0.29, 0.717) is 6.42 Å². The van der Waals surface area contributed by atoms with Crippen LogP contribution in [0.2, 0.25) is 0 Å². The molecular formula is C8H13FO. The minimum absolute atomic E-state index is 0.226. The van der Waals surface area contributed by atoms with Crippen LogP contribution in [-0.2, 0) is 4.74 Å². The normalized spacial score (nSPS) is 33.7. The van der Waals surface area contributed by atoms with Crippen molar-refractivity contribution < 1.29 is 9.13 Å². The standard InChI is InChI=1S/C8H13FO/c1-2-3-8-5-4-7(9)6-10-8/h2,7-8H,1,3-6H2/t7-,8-/m0/s1. The number of ether oxygens (including phenoxy) is 1. The van der Waals surface area contributed by atoms with Crippen LogP contribution in [0.25, 0.3) is 0 Å². The average molecular weight is 144 g/mol. The largest absolute Gasteiger partial charge is 0.375 e. The lowest BCUT2D eigenvalue weighted by atomic mass is 10.1. The summed E-state index contributed by atoms with van der Waals surface area (Å²) in [5.74, 6) is 0. The highest BCUT2D eigenvalue weighted by atomic mass is 19.1. The highest BCUT2D eigenvalue weighted by molar-refractivity contribution is 4.77. The predicted octanol–water partition coefficient (Wildman–Crippen LogP) is 2.08. The van der Waals surface area contributed by atoms with Crippen LogP contribution in [0, 0.1) is 0 Å². The maximum absolute atomic E-state index is 12.4. The monoisotopic (exact) mass is 144 g/mol. The van der Waals surface area contributed by atoms with Gasteiger partial charge in [-0.15, -0.1) is 6.58 Å². The molecule has 0 amide bonds. The van der Waals surface area contributed by atoms with Gasteiger partial charge >= 0.3 is 0 Å². The van der Waals surface area contributed by atoms with Crippen molar-refractivity contribution in [1.82, 2.24) is 0 Å². The second-order valence-corrected chi connectivity index (χ2v) is 2.65. The van der Waals surface area contributed by atoms with E-state index in [-0.39, 0.29) is 12.7 Å². The topological polar surface area (TPSA) is 9.23 Å². The molecule has 2 heteroatoms. The van der Waals surface area contributed by atoms with E-state index in [2.05, 4.69) is 6.58 Å². The molecule has 0 radical (unpaired) electrons. The van der Waals surface area contributed by atoms with Gasteiger partial charge in [-0.3, -0.25) is 0 Å². The average Bonchev–Trinajstić information content (AvgIpc) is 1.95. The molecule has 1 heterocycles. The summed E-state index contributed by atoms with van der Waals surface area (Å²) in [6.07, 6.45) is 3.66. The second kappa shape index (κ2) is 3.71. The molecule has 0 unspecified atom stereocenters. The van der Waals surface area contributed by atoms with E-state index in [1.807, 2.05) is 6.08 Å². The van der Waals surface area contributed by atoms with Gasteiger partial charge in [-0.2, -0.15) is 0 Å². The third kappa shape index (κ3) is 2.10. The molecule has 1 nitrogen and oxygen atoms in total. The van der Waals surface area contributed by atoms with Crippen LogP contribution in [0.15, 0.2) is 12.7 Å². The molecule has 0 N–H and O–H groups in total. The molecule has 0 spiro atoms. The number of rotatable bonds is 2. The van der Waals surface area contributed by atoms with Gasteiger partial charge in [0.05, 0.1) is 12.7 Å². The molecule has 10 heavy (non-hydrogen) atoms. The van der Waals surface area contributed by atoms with Gasteiger partial charge in [-0.1, -0.05) is 6.08 Å². The lowest BCUT2D eigenvalue weighted by molar-refractivity contribution is -0.0244. The minimum Gasteiger partial charge on any atom is -0.375 e. The molecule has 0 saturated carbocycles. The van der Waals surface area contributed by atoms with Crippen molar-refractivity contribution in [2.75, 3.05) is 6.61 Å². The van der Waals surface area contributed by atoms with Crippen molar-refractivity contribution >= 4 is 0 Å². The summed E-state index contributed by atoms with van der Waals surface area (Å²) >= 11 is 0. The smallest absolute Gasteiger partial charge is 0.123 e. The molecular weight excluding hydrogens is 131 g/mol. The van der Waals surface area contributed by atoms with Crippen molar-refractivity contribution in [1.29, 1.82) is 0 Å². The Morgan fingerprint density at radius 3 is 2.90 bits per heavy atom. The fourth-order valence-electron chi connectivity index (χ4n) is 1.15. The van der Waals surface area contributed by atoms with Gasteiger partial charge in [-0.25, -0.2) is 4.39 Å². The van der Waals surface area contributed by atoms with E-state index >= 15 is 0 Å². The molecule has 1 saturated heterocycles. The molecule has 1 rings (SSSR count). The Morgan fingerprint density at radius 2 is 2.40 bits per heavy atom. The first-order valence-electron chi connectivity index (χ1n) is 3.69. The van der Waals surface area contributed by atoms with Crippen LogP contribution in [0.1, 0.15) is 19.3 Å². The van der Waals surface area contributed by atoms with Crippen molar-refractivity contribution in [3.8, 4) is 0 Å². The summed E-state index contributed by atoms with van der Waals surface area (Å²) in [5, 5.41) is 0. The Balaban J connectivity index is 2.19. The maximum Gasteiger partial charge on any atom is 0.123 e. The van der Waals surface area contributed by atoms with E-state index in [4.69, 9.17) is 4.74 Å². The molecule has 0 aromatic carbocycles. The number of alkyl halides is 1. The molecule has 2 atom stereocenters. The van der Waals surface area contributed by atoms with Crippen LogP contribution in [0.3, 0.4) is 0 Å². The summed E-state index contributed by atoms with van der Waals surface area (Å²) in [5.41, 5.74) is 0. The van der Waals surface area contributed by atoms with Crippen molar-refractivity contribution in [2.45, 2.75) is 31.5 Å². The van der Waals surface area contributed by atoms with Crippen LogP contribution in [-0.4, -0.2) is 18.9 Å². The fraction of sp³-hybridized carbons (Fsp3) is 0.750. The lowest BCUT2D eigenvalue weighted by Crippen LogP contribution is -2.26. The molecule has 0 bridgehead atoms. The van der Waals surface area contributed by atoms with Gasteiger partial charge in [0.15, 0.2) is 0 Å². The van der Waals surface area contributed by atoms with Gasteiger partial charge in [0.1, 0.15) is 6.17 Å². The lowest BCUT2D eigenvalue weighted by Gasteiger charge is -2.23. The Hall–Kier alpha value is -0.370. The summed E-state index contributed by atoms with van der Waals surface area (Å²) in [4.78, 5) is 0. The van der Waals surface area contributed by atoms with Gasteiger partial charge in [0.2, 0.25) is 0 Å². The van der Waals surface area contributed by atoms with Crippen LogP contribution >= 0.6 is 0 Å². The zero-order valence-corrected chi connectivity index (χ0v) is 6.05. The molecule has 0 aromatic rings. The van der Waals surface area contributed by atoms with Gasteiger partial charge in [0.25, 0.3) is 0 Å². The van der Waals surface area contributed by atoms with Crippen LogP contribution in [0.5, 0.6) is 0 Å². The number of hydrogen-bond donors (Lipinski definition) is 0. The summed E-state index contributed by atoms with van der Waals surface area (Å²) in [7, 11) is 0. The van der Waals surface area contributed by atoms with Crippen LogP contribution in [0.4, 0.5) is 4.39 Å². The first-order valence-corrected chi connectivity index (χ1v) is 3.69. The molecule has 1 aliphatic rings. The maximum atomic E-state index is 12.4. The summed E-state index contributed by atoms with van der Waals surface area (Å²) in [6, 6.07) is 0. The molecule has 0 aromatic heterocycles. The van der Waals surface area contributed by atoms with E-state index < -0.39 is 6.17 Å². The van der Waals surface area contributed by atoms with Gasteiger partial charge in [0, 0.05) is 0 Å². The number of hydrogen-bond acceptors (Lipinski definition) is 1. The van der Waals surface area contributed by atoms with Crippen molar-refractivity contribution in [3.05, 3.63) is 12.7 Å². The van der Waals surface area contributed by atoms with Gasteiger partial charge in [-0.05, 0) is 19.3 Å². The van der Waals surface area contributed by atoms with Gasteiger partial charge < -0.3 is 4.74 Å². The highest BCUT2D eigenvalue weighted by Gasteiger charge is 2.19. The van der Waals surface area contributed by atoms with E-state index in [0.717, 1.165) is 12.8 Å². The second-order valence-electron chi connectivity index (χ2n) is 2.65. The quantitative estimate of drug-likeness (QED) is 0.539. The fourth-order valence-corrected chi connectivity index (χ4v) is 1.15. The summed E-state index contributed by atoms with van der Waals surface area (Å²) < 4.78 is 17.6.